The summed E-state index contributed by atoms with van der Waals surface area (Å²) >= 11 is 0. The van der Waals surface area contributed by atoms with Gasteiger partial charge in [-0.05, 0) is 18.1 Å². The number of rotatable bonds is 3. The molecule has 0 amide bonds. The predicted octanol–water partition coefficient (Wildman–Crippen LogP) is 0.349. The molecule has 0 heterocycles. The third-order valence-electron chi connectivity index (χ3n) is 1.51. The molecule has 1 aromatic rings. The smallest absolute Gasteiger partial charge is 0.0702 e. The van der Waals surface area contributed by atoms with Gasteiger partial charge in [0.15, 0.2) is 0 Å². The van der Waals surface area contributed by atoms with Crippen LogP contribution in [-0.4, -0.2) is 17.8 Å². The summed E-state index contributed by atoms with van der Waals surface area (Å²) in [7, 11) is 0. The second-order valence-corrected chi connectivity index (χ2v) is 2.51. The van der Waals surface area contributed by atoms with E-state index >= 15 is 0 Å². The lowest BCUT2D eigenvalue weighted by atomic mass is 10.1. The van der Waals surface area contributed by atoms with Crippen LogP contribution in [0, 0.1) is 6.07 Å². The molecule has 0 aliphatic heterocycles. The maximum atomic E-state index is 9.17. The summed E-state index contributed by atoms with van der Waals surface area (Å²) in [6, 6.07) is 10.5. The Morgan fingerprint density at radius 3 is 3.00 bits per heavy atom. The molecule has 1 aromatic carbocycles. The first-order valence-electron chi connectivity index (χ1n) is 3.66. The van der Waals surface area contributed by atoms with Crippen molar-refractivity contribution in [1.29, 1.82) is 0 Å². The van der Waals surface area contributed by atoms with Gasteiger partial charge < -0.3 is 10.8 Å². The highest BCUT2D eigenvalue weighted by atomic mass is 16.3. The van der Waals surface area contributed by atoms with Gasteiger partial charge in [0.1, 0.15) is 0 Å². The monoisotopic (exact) mass is 150 g/mol. The molecule has 1 atom stereocenters. The van der Waals surface area contributed by atoms with E-state index in [4.69, 9.17) is 5.73 Å². The van der Waals surface area contributed by atoms with Gasteiger partial charge in [0.2, 0.25) is 0 Å². The Bertz CT molecular complexity index is 198. The standard InChI is InChI=1S/C9H12NO/c10-7-9(11)6-8-4-2-1-3-5-8/h1-2,4-5,9,11H,6-7,10H2. The number of aliphatic hydroxyl groups excluding tert-OH is 1. The molecule has 2 heteroatoms. The molecule has 1 radical (unpaired) electrons. The van der Waals surface area contributed by atoms with Crippen LogP contribution in [-0.2, 0) is 6.42 Å². The first-order chi connectivity index (χ1) is 5.33. The Kier molecular flexibility index (Phi) is 3.08. The lowest BCUT2D eigenvalue weighted by molar-refractivity contribution is 0.183. The second-order valence-electron chi connectivity index (χ2n) is 2.51. The van der Waals surface area contributed by atoms with Crippen LogP contribution >= 0.6 is 0 Å². The van der Waals surface area contributed by atoms with Crippen molar-refractivity contribution in [3.05, 3.63) is 35.9 Å². The van der Waals surface area contributed by atoms with Crippen LogP contribution in [0.15, 0.2) is 24.3 Å². The van der Waals surface area contributed by atoms with E-state index in [1.54, 1.807) is 0 Å². The summed E-state index contributed by atoms with van der Waals surface area (Å²) in [4.78, 5) is 0. The van der Waals surface area contributed by atoms with Crippen molar-refractivity contribution in [1.82, 2.24) is 0 Å². The van der Waals surface area contributed by atoms with Gasteiger partial charge in [-0.15, -0.1) is 0 Å². The van der Waals surface area contributed by atoms with Crippen molar-refractivity contribution in [2.45, 2.75) is 12.5 Å². The van der Waals surface area contributed by atoms with Crippen LogP contribution in [0.5, 0.6) is 0 Å². The summed E-state index contributed by atoms with van der Waals surface area (Å²) in [5.41, 5.74) is 6.33. The van der Waals surface area contributed by atoms with Gasteiger partial charge in [-0.2, -0.15) is 0 Å². The Morgan fingerprint density at radius 1 is 1.64 bits per heavy atom. The molecule has 0 aromatic heterocycles. The van der Waals surface area contributed by atoms with E-state index < -0.39 is 6.10 Å². The van der Waals surface area contributed by atoms with Gasteiger partial charge in [-0.1, -0.05) is 24.3 Å². The molecule has 0 bridgehead atoms. The molecule has 0 saturated carbocycles. The Balaban J connectivity index is 2.51. The molecule has 0 fully saturated rings. The van der Waals surface area contributed by atoms with Gasteiger partial charge >= 0.3 is 0 Å². The number of hydrogen-bond acceptors (Lipinski definition) is 2. The number of nitrogens with two attached hydrogens (primary N) is 1. The zero-order chi connectivity index (χ0) is 8.10. The SMILES string of the molecule is NCC(O)Cc1c[c]ccc1. The fraction of sp³-hybridized carbons (Fsp3) is 0.333. The minimum absolute atomic E-state index is 0.314. The average molecular weight is 150 g/mol. The molecule has 2 nitrogen and oxygen atoms in total. The molecule has 0 spiro atoms. The lowest BCUT2D eigenvalue weighted by Gasteiger charge is -2.05. The van der Waals surface area contributed by atoms with Gasteiger partial charge in [0.25, 0.3) is 0 Å². The van der Waals surface area contributed by atoms with Gasteiger partial charge in [-0.3, -0.25) is 0 Å². The van der Waals surface area contributed by atoms with Gasteiger partial charge in [0, 0.05) is 6.54 Å². The van der Waals surface area contributed by atoms with Crippen molar-refractivity contribution in [2.75, 3.05) is 6.54 Å². The van der Waals surface area contributed by atoms with Crippen molar-refractivity contribution in [3.63, 3.8) is 0 Å². The van der Waals surface area contributed by atoms with Crippen molar-refractivity contribution in [3.8, 4) is 0 Å². The lowest BCUT2D eigenvalue weighted by Crippen LogP contribution is -2.21. The first-order valence-corrected chi connectivity index (χ1v) is 3.66. The molecular formula is C9H12NO. The number of aliphatic hydroxyl groups is 1. The molecule has 11 heavy (non-hydrogen) atoms. The molecule has 0 saturated heterocycles. The van der Waals surface area contributed by atoms with Crippen LogP contribution < -0.4 is 5.73 Å². The molecule has 0 aliphatic rings. The van der Waals surface area contributed by atoms with Crippen LogP contribution in [0.3, 0.4) is 0 Å². The zero-order valence-electron chi connectivity index (χ0n) is 6.33. The summed E-state index contributed by atoms with van der Waals surface area (Å²) in [5, 5.41) is 9.17. The Morgan fingerprint density at radius 2 is 2.45 bits per heavy atom. The highest BCUT2D eigenvalue weighted by Gasteiger charge is 2.00. The number of benzene rings is 1. The molecule has 1 unspecified atom stereocenters. The maximum absolute atomic E-state index is 9.17. The third-order valence-corrected chi connectivity index (χ3v) is 1.51. The first kappa shape index (κ1) is 8.24. The van der Waals surface area contributed by atoms with E-state index in [0.717, 1.165) is 5.56 Å². The molecule has 1 rings (SSSR count). The van der Waals surface area contributed by atoms with Crippen LogP contribution in [0.2, 0.25) is 0 Å². The van der Waals surface area contributed by atoms with Crippen LogP contribution in [0.25, 0.3) is 0 Å². The highest BCUT2D eigenvalue weighted by molar-refractivity contribution is 5.14. The maximum Gasteiger partial charge on any atom is 0.0702 e. The van der Waals surface area contributed by atoms with E-state index in [1.165, 1.54) is 0 Å². The zero-order valence-corrected chi connectivity index (χ0v) is 6.33. The second kappa shape index (κ2) is 4.11. The van der Waals surface area contributed by atoms with E-state index in [-0.39, 0.29) is 0 Å². The number of hydrogen-bond donors (Lipinski definition) is 2. The van der Waals surface area contributed by atoms with Crippen LogP contribution in [0.4, 0.5) is 0 Å². The van der Waals surface area contributed by atoms with Crippen LogP contribution in [0.1, 0.15) is 5.56 Å². The fourth-order valence-electron chi connectivity index (χ4n) is 0.913. The fourth-order valence-corrected chi connectivity index (χ4v) is 0.913. The summed E-state index contributed by atoms with van der Waals surface area (Å²) < 4.78 is 0. The summed E-state index contributed by atoms with van der Waals surface area (Å²) in [5.74, 6) is 0. The quantitative estimate of drug-likeness (QED) is 0.653. The van der Waals surface area contributed by atoms with E-state index in [9.17, 15) is 5.11 Å². The Labute approximate surface area is 66.7 Å². The molecule has 59 valence electrons. The normalized spacial score (nSPS) is 12.9. The third kappa shape index (κ3) is 2.70. The minimum atomic E-state index is -0.425. The topological polar surface area (TPSA) is 46.2 Å². The van der Waals surface area contributed by atoms with E-state index in [2.05, 4.69) is 6.07 Å². The average Bonchev–Trinajstić information content (AvgIpc) is 2.06. The Hall–Kier alpha value is -0.860. The molecule has 0 aliphatic carbocycles. The molecular weight excluding hydrogens is 138 g/mol. The van der Waals surface area contributed by atoms with E-state index in [0.29, 0.717) is 13.0 Å². The van der Waals surface area contributed by atoms with Crippen molar-refractivity contribution >= 4 is 0 Å². The summed E-state index contributed by atoms with van der Waals surface area (Å²) in [6.07, 6.45) is 0.194. The largest absolute Gasteiger partial charge is 0.391 e. The predicted molar refractivity (Wildman–Crippen MR) is 44.0 cm³/mol. The van der Waals surface area contributed by atoms with Gasteiger partial charge in [0.05, 0.1) is 6.10 Å². The summed E-state index contributed by atoms with van der Waals surface area (Å²) in [6.45, 7) is 0.314. The minimum Gasteiger partial charge on any atom is -0.391 e. The molecule has 3 N–H and O–H groups in total. The van der Waals surface area contributed by atoms with E-state index in [1.807, 2.05) is 24.3 Å². The van der Waals surface area contributed by atoms with Crippen molar-refractivity contribution in [2.24, 2.45) is 5.73 Å². The van der Waals surface area contributed by atoms with Crippen molar-refractivity contribution < 1.29 is 5.11 Å². The highest BCUT2D eigenvalue weighted by Crippen LogP contribution is 2.00. The van der Waals surface area contributed by atoms with Gasteiger partial charge in [-0.25, -0.2) is 0 Å².